The van der Waals surface area contributed by atoms with Crippen molar-refractivity contribution >= 4 is 45.1 Å². The first-order valence-electron chi connectivity index (χ1n) is 10.5. The van der Waals surface area contributed by atoms with Crippen molar-refractivity contribution in [3.63, 3.8) is 0 Å². The standard InChI is InChI=1S/C22H22F2N6O3S2/c1-13(2)30-19-15(9-26-21(27-19)34-3)11-29(22(30)31)20-18(24)8-17(10-25-20)28-35(32,33)12-14-4-6-16(23)7-5-14/h4-10,13,28H,11-12H2,1-3H3. The number of hydrogen-bond acceptors (Lipinski definition) is 7. The zero-order valence-corrected chi connectivity index (χ0v) is 20.7. The first kappa shape index (κ1) is 24.8. The minimum absolute atomic E-state index is 0.00556. The Labute approximate surface area is 205 Å². The van der Waals surface area contributed by atoms with Crippen LogP contribution in [0.2, 0.25) is 0 Å². The number of hydrogen-bond donors (Lipinski definition) is 1. The molecule has 1 aliphatic rings. The maximum Gasteiger partial charge on any atom is 0.331 e. The van der Waals surface area contributed by atoms with E-state index in [1.54, 1.807) is 6.20 Å². The molecule has 1 aromatic carbocycles. The number of carbonyl (C=O) groups excluding carboxylic acids is 1. The van der Waals surface area contributed by atoms with Gasteiger partial charge in [0.2, 0.25) is 10.0 Å². The number of thioether (sulfide) groups is 1. The Hall–Kier alpha value is -3.32. The number of urea groups is 1. The van der Waals surface area contributed by atoms with Gasteiger partial charge in [-0.15, -0.1) is 0 Å². The maximum absolute atomic E-state index is 15.1. The van der Waals surface area contributed by atoms with Gasteiger partial charge in [0.15, 0.2) is 16.8 Å². The van der Waals surface area contributed by atoms with Crippen molar-refractivity contribution in [3.05, 3.63) is 65.5 Å². The lowest BCUT2D eigenvalue weighted by Crippen LogP contribution is -2.51. The van der Waals surface area contributed by atoms with E-state index < -0.39 is 33.4 Å². The molecule has 0 radical (unpaired) electrons. The van der Waals surface area contributed by atoms with Crippen LogP contribution in [0.4, 0.5) is 30.9 Å². The molecule has 184 valence electrons. The Balaban J connectivity index is 1.59. The van der Waals surface area contributed by atoms with Crippen LogP contribution in [0.15, 0.2) is 47.9 Å². The molecule has 0 saturated carbocycles. The number of aromatic nitrogens is 3. The van der Waals surface area contributed by atoms with Gasteiger partial charge in [-0.25, -0.2) is 36.9 Å². The summed E-state index contributed by atoms with van der Waals surface area (Å²) in [7, 11) is -3.92. The number of anilines is 3. The zero-order chi connectivity index (χ0) is 25.3. The molecule has 9 nitrogen and oxygen atoms in total. The van der Waals surface area contributed by atoms with E-state index in [1.807, 2.05) is 20.1 Å². The predicted molar refractivity (Wildman–Crippen MR) is 130 cm³/mol. The molecule has 0 unspecified atom stereocenters. The third-order valence-corrected chi connectivity index (χ3v) is 6.95. The average Bonchev–Trinajstić information content (AvgIpc) is 2.79. The highest BCUT2D eigenvalue weighted by atomic mass is 32.2. The molecule has 35 heavy (non-hydrogen) atoms. The van der Waals surface area contributed by atoms with E-state index >= 15 is 4.39 Å². The van der Waals surface area contributed by atoms with Crippen LogP contribution in [0, 0.1) is 11.6 Å². The van der Waals surface area contributed by atoms with Crippen LogP contribution < -0.4 is 14.5 Å². The Bertz CT molecular complexity index is 1370. The summed E-state index contributed by atoms with van der Waals surface area (Å²) < 4.78 is 55.4. The molecule has 0 spiro atoms. The van der Waals surface area contributed by atoms with Gasteiger partial charge >= 0.3 is 6.03 Å². The summed E-state index contributed by atoms with van der Waals surface area (Å²) in [6.45, 7) is 3.63. The second-order valence-corrected chi connectivity index (χ2v) is 10.6. The largest absolute Gasteiger partial charge is 0.331 e. The number of halogens is 2. The lowest BCUT2D eigenvalue weighted by atomic mass is 10.2. The fourth-order valence-corrected chi connectivity index (χ4v) is 5.10. The van der Waals surface area contributed by atoms with Crippen LogP contribution in [-0.2, 0) is 22.3 Å². The van der Waals surface area contributed by atoms with Crippen molar-refractivity contribution in [2.24, 2.45) is 0 Å². The van der Waals surface area contributed by atoms with Crippen molar-refractivity contribution in [1.82, 2.24) is 15.0 Å². The second-order valence-electron chi connectivity index (χ2n) is 8.06. The van der Waals surface area contributed by atoms with Crippen LogP contribution in [-0.4, -0.2) is 41.7 Å². The molecule has 0 fully saturated rings. The molecule has 2 aromatic heterocycles. The smallest absolute Gasteiger partial charge is 0.282 e. The summed E-state index contributed by atoms with van der Waals surface area (Å²) in [5.74, 6) is -1.58. The fourth-order valence-electron chi connectivity index (χ4n) is 3.59. The molecule has 0 aliphatic carbocycles. The zero-order valence-electron chi connectivity index (χ0n) is 19.1. The van der Waals surface area contributed by atoms with E-state index in [4.69, 9.17) is 0 Å². The number of sulfonamides is 1. The Kier molecular flexibility index (Phi) is 6.90. The van der Waals surface area contributed by atoms with Crippen molar-refractivity contribution in [3.8, 4) is 0 Å². The van der Waals surface area contributed by atoms with Crippen molar-refractivity contribution in [1.29, 1.82) is 0 Å². The van der Waals surface area contributed by atoms with Gasteiger partial charge in [0, 0.05) is 23.9 Å². The highest BCUT2D eigenvalue weighted by Crippen LogP contribution is 2.33. The van der Waals surface area contributed by atoms with Gasteiger partial charge in [-0.1, -0.05) is 23.9 Å². The predicted octanol–water partition coefficient (Wildman–Crippen LogP) is 4.17. The number of benzene rings is 1. The van der Waals surface area contributed by atoms with Crippen molar-refractivity contribution < 1.29 is 22.0 Å². The van der Waals surface area contributed by atoms with Crippen LogP contribution in [0.5, 0.6) is 0 Å². The average molecular weight is 521 g/mol. The first-order valence-corrected chi connectivity index (χ1v) is 13.4. The summed E-state index contributed by atoms with van der Waals surface area (Å²) in [6.07, 6.45) is 4.56. The number of amides is 2. The second kappa shape index (κ2) is 9.74. The summed E-state index contributed by atoms with van der Waals surface area (Å²) in [5, 5.41) is 0.511. The van der Waals surface area contributed by atoms with Gasteiger partial charge in [0.1, 0.15) is 11.6 Å². The summed E-state index contributed by atoms with van der Waals surface area (Å²) in [4.78, 5) is 28.6. The molecule has 1 aliphatic heterocycles. The van der Waals surface area contributed by atoms with Gasteiger partial charge < -0.3 is 0 Å². The minimum Gasteiger partial charge on any atom is -0.282 e. The number of nitrogens with one attached hydrogen (secondary N) is 1. The summed E-state index contributed by atoms with van der Waals surface area (Å²) >= 11 is 1.34. The monoisotopic (exact) mass is 520 g/mol. The number of rotatable bonds is 7. The maximum atomic E-state index is 15.1. The highest BCUT2D eigenvalue weighted by Gasteiger charge is 2.36. The molecule has 2 amide bonds. The minimum atomic E-state index is -3.92. The van der Waals surface area contributed by atoms with E-state index in [0.29, 0.717) is 22.1 Å². The Morgan fingerprint density at radius 3 is 2.46 bits per heavy atom. The normalized spacial score (nSPS) is 13.8. The Morgan fingerprint density at radius 2 is 1.83 bits per heavy atom. The lowest BCUT2D eigenvalue weighted by Gasteiger charge is -2.37. The van der Waals surface area contributed by atoms with Crippen LogP contribution >= 0.6 is 11.8 Å². The number of nitrogens with zero attached hydrogens (tertiary/aromatic N) is 5. The van der Waals surface area contributed by atoms with E-state index in [1.165, 1.54) is 28.8 Å². The Morgan fingerprint density at radius 1 is 1.11 bits per heavy atom. The molecular formula is C22H22F2N6O3S2. The van der Waals surface area contributed by atoms with E-state index in [-0.39, 0.29) is 24.1 Å². The van der Waals surface area contributed by atoms with Crippen LogP contribution in [0.1, 0.15) is 25.0 Å². The molecule has 4 rings (SSSR count). The number of fused-ring (bicyclic) bond motifs is 1. The molecule has 13 heteroatoms. The molecule has 0 saturated heterocycles. The van der Waals surface area contributed by atoms with E-state index in [2.05, 4.69) is 19.7 Å². The topological polar surface area (TPSA) is 108 Å². The van der Waals surface area contributed by atoms with Gasteiger partial charge in [-0.2, -0.15) is 0 Å². The van der Waals surface area contributed by atoms with Crippen LogP contribution in [0.3, 0.4) is 0 Å². The SMILES string of the molecule is CSc1ncc2c(n1)N(C(C)C)C(=O)N(c1ncc(NS(=O)(=O)Cc3ccc(F)cc3)cc1F)C2. The fraction of sp³-hybridized carbons (Fsp3) is 0.273. The van der Waals surface area contributed by atoms with Crippen molar-refractivity contribution in [2.75, 3.05) is 20.8 Å². The quantitative estimate of drug-likeness (QED) is 0.368. The lowest BCUT2D eigenvalue weighted by molar-refractivity contribution is 0.247. The molecule has 0 bridgehead atoms. The molecule has 3 aromatic rings. The van der Waals surface area contributed by atoms with E-state index in [0.717, 1.165) is 29.3 Å². The molecule has 0 atom stereocenters. The highest BCUT2D eigenvalue weighted by molar-refractivity contribution is 7.98. The van der Waals surface area contributed by atoms with Crippen molar-refractivity contribution in [2.45, 2.75) is 37.3 Å². The van der Waals surface area contributed by atoms with Gasteiger partial charge in [-0.3, -0.25) is 14.5 Å². The van der Waals surface area contributed by atoms with Gasteiger partial charge in [-0.05, 0) is 37.8 Å². The van der Waals surface area contributed by atoms with Gasteiger partial charge in [0.25, 0.3) is 0 Å². The first-order chi connectivity index (χ1) is 16.6. The number of pyridine rings is 1. The molecule has 1 N–H and O–H groups in total. The summed E-state index contributed by atoms with van der Waals surface area (Å²) in [6, 6.07) is 5.19. The third-order valence-electron chi connectivity index (χ3n) is 5.13. The molecular weight excluding hydrogens is 498 g/mol. The third kappa shape index (κ3) is 5.35. The van der Waals surface area contributed by atoms with E-state index in [9.17, 15) is 17.6 Å². The summed E-state index contributed by atoms with van der Waals surface area (Å²) in [5.41, 5.74) is 0.885. The molecule has 3 heterocycles. The van der Waals surface area contributed by atoms with Gasteiger partial charge in [0.05, 0.1) is 24.2 Å². The number of carbonyl (C=O) groups is 1. The van der Waals surface area contributed by atoms with Crippen LogP contribution in [0.25, 0.3) is 0 Å².